The van der Waals surface area contributed by atoms with Crippen LogP contribution in [0, 0.1) is 0 Å². The molecule has 0 amide bonds. The first kappa shape index (κ1) is 32.0. The van der Waals surface area contributed by atoms with Crippen molar-refractivity contribution in [1.29, 1.82) is 0 Å². The maximum Gasteiger partial charge on any atom is 0.0546 e. The number of hydrogen-bond donors (Lipinski definition) is 0. The lowest BCUT2D eigenvalue weighted by Crippen LogP contribution is -2.12. The van der Waals surface area contributed by atoms with E-state index in [1.54, 1.807) is 0 Å². The second-order valence-corrected chi connectivity index (χ2v) is 14.5. The fourth-order valence-electron chi connectivity index (χ4n) is 8.83. The van der Waals surface area contributed by atoms with Crippen LogP contribution >= 0.6 is 0 Å². The van der Waals surface area contributed by atoms with Crippen LogP contribution in [0.5, 0.6) is 0 Å². The van der Waals surface area contributed by atoms with Gasteiger partial charge in [0.15, 0.2) is 0 Å². The van der Waals surface area contributed by atoms with Gasteiger partial charge < -0.3 is 9.47 Å². The molecule has 11 rings (SSSR count). The molecule has 1 aromatic heterocycles. The summed E-state index contributed by atoms with van der Waals surface area (Å²) in [6.07, 6.45) is 0. The van der Waals surface area contributed by atoms with Gasteiger partial charge >= 0.3 is 0 Å². The monoisotopic (exact) mass is 712 g/mol. The van der Waals surface area contributed by atoms with E-state index >= 15 is 0 Å². The Morgan fingerprint density at radius 3 is 1.48 bits per heavy atom. The third-order valence-electron chi connectivity index (χ3n) is 11.4. The van der Waals surface area contributed by atoms with Gasteiger partial charge in [-0.05, 0) is 86.1 Å². The van der Waals surface area contributed by atoms with Crippen LogP contribution in [0.2, 0.25) is 0 Å². The average Bonchev–Trinajstić information content (AvgIpc) is 3.61. The topological polar surface area (TPSA) is 8.17 Å². The Morgan fingerprint density at radius 1 is 0.304 bits per heavy atom. The molecule has 0 radical (unpaired) electrons. The van der Waals surface area contributed by atoms with Crippen LogP contribution in [0.3, 0.4) is 0 Å². The van der Waals surface area contributed by atoms with Crippen LogP contribution in [0.4, 0.5) is 17.1 Å². The zero-order valence-corrected chi connectivity index (χ0v) is 30.7. The predicted octanol–water partition coefficient (Wildman–Crippen LogP) is 15.0. The van der Waals surface area contributed by atoms with Gasteiger partial charge in [-0.1, -0.05) is 176 Å². The molecule has 0 bridgehead atoms. The molecule has 2 heteroatoms. The van der Waals surface area contributed by atoms with E-state index in [4.69, 9.17) is 0 Å². The molecule has 0 fully saturated rings. The highest BCUT2D eigenvalue weighted by Crippen LogP contribution is 2.47. The molecule has 262 valence electrons. The average molecular weight is 713 g/mol. The smallest absolute Gasteiger partial charge is 0.0546 e. The molecule has 0 atom stereocenters. The second-order valence-electron chi connectivity index (χ2n) is 14.5. The van der Waals surface area contributed by atoms with Crippen molar-refractivity contribution in [2.24, 2.45) is 0 Å². The van der Waals surface area contributed by atoms with Crippen molar-refractivity contribution in [3.63, 3.8) is 0 Å². The lowest BCUT2D eigenvalue weighted by molar-refractivity contribution is 1.17. The summed E-state index contributed by atoms with van der Waals surface area (Å²) in [6, 6.07) is 79.7. The molecular weight excluding hydrogens is 677 g/mol. The van der Waals surface area contributed by atoms with Gasteiger partial charge in [0.1, 0.15) is 0 Å². The van der Waals surface area contributed by atoms with Crippen molar-refractivity contribution in [2.45, 2.75) is 0 Å². The summed E-state index contributed by atoms with van der Waals surface area (Å²) in [7, 11) is 0. The van der Waals surface area contributed by atoms with E-state index in [0.717, 1.165) is 22.7 Å². The Bertz CT molecular complexity index is 3210. The predicted molar refractivity (Wildman–Crippen MR) is 239 cm³/mol. The number of benzene rings is 10. The first-order valence-electron chi connectivity index (χ1n) is 19.3. The fourth-order valence-corrected chi connectivity index (χ4v) is 8.83. The third-order valence-corrected chi connectivity index (χ3v) is 11.4. The van der Waals surface area contributed by atoms with E-state index in [2.05, 4.69) is 228 Å². The molecule has 0 saturated carbocycles. The van der Waals surface area contributed by atoms with Crippen molar-refractivity contribution < 1.29 is 0 Å². The molecule has 0 saturated heterocycles. The first-order chi connectivity index (χ1) is 27.8. The summed E-state index contributed by atoms with van der Waals surface area (Å²) in [5.74, 6) is 0. The zero-order valence-electron chi connectivity index (χ0n) is 30.7. The summed E-state index contributed by atoms with van der Waals surface area (Å²) in [4.78, 5) is 2.49. The quantitative estimate of drug-likeness (QED) is 0.167. The van der Waals surface area contributed by atoms with E-state index < -0.39 is 0 Å². The molecule has 0 N–H and O–H groups in total. The fraction of sp³-hybridized carbons (Fsp3) is 0. The summed E-state index contributed by atoms with van der Waals surface area (Å²) in [5, 5.41) is 9.81. The van der Waals surface area contributed by atoms with Crippen molar-refractivity contribution >= 4 is 71.2 Å². The van der Waals surface area contributed by atoms with Crippen LogP contribution in [0.1, 0.15) is 0 Å². The highest BCUT2D eigenvalue weighted by molar-refractivity contribution is 6.10. The molecule has 2 nitrogen and oxygen atoms in total. The Kier molecular flexibility index (Phi) is 7.53. The van der Waals surface area contributed by atoms with Gasteiger partial charge in [-0.15, -0.1) is 0 Å². The van der Waals surface area contributed by atoms with E-state index in [0.29, 0.717) is 0 Å². The van der Waals surface area contributed by atoms with Gasteiger partial charge in [-0.2, -0.15) is 0 Å². The molecule has 0 unspecified atom stereocenters. The molecular formula is C54H36N2. The second kappa shape index (κ2) is 13.2. The van der Waals surface area contributed by atoms with E-state index in [1.807, 2.05) is 0 Å². The Balaban J connectivity index is 1.23. The molecule has 1 heterocycles. The van der Waals surface area contributed by atoms with E-state index in [1.165, 1.54) is 76.4 Å². The maximum atomic E-state index is 2.49. The van der Waals surface area contributed by atoms with Gasteiger partial charge in [0, 0.05) is 33.1 Å². The summed E-state index contributed by atoms with van der Waals surface area (Å²) in [6.45, 7) is 0. The molecule has 10 aromatic carbocycles. The highest BCUT2D eigenvalue weighted by atomic mass is 15.1. The molecule has 11 aromatic rings. The van der Waals surface area contributed by atoms with Gasteiger partial charge in [0.2, 0.25) is 0 Å². The highest BCUT2D eigenvalue weighted by Gasteiger charge is 2.23. The zero-order chi connectivity index (χ0) is 37.0. The van der Waals surface area contributed by atoms with Crippen LogP contribution in [-0.2, 0) is 0 Å². The Labute approximate surface area is 325 Å². The Hall–Kier alpha value is -7.42. The molecule has 56 heavy (non-hydrogen) atoms. The Morgan fingerprint density at radius 2 is 0.804 bits per heavy atom. The van der Waals surface area contributed by atoms with Crippen LogP contribution in [-0.4, -0.2) is 4.57 Å². The number of anilines is 3. The van der Waals surface area contributed by atoms with Gasteiger partial charge in [0.25, 0.3) is 0 Å². The number of nitrogens with zero attached hydrogens (tertiary/aromatic N) is 2. The van der Waals surface area contributed by atoms with E-state index in [-0.39, 0.29) is 0 Å². The molecule has 0 spiro atoms. The van der Waals surface area contributed by atoms with E-state index in [9.17, 15) is 0 Å². The third kappa shape index (κ3) is 5.19. The van der Waals surface area contributed by atoms with Crippen molar-refractivity contribution in [1.82, 2.24) is 4.57 Å². The summed E-state index contributed by atoms with van der Waals surface area (Å²) >= 11 is 0. The lowest BCUT2D eigenvalue weighted by atomic mass is 9.92. The summed E-state index contributed by atoms with van der Waals surface area (Å²) in [5.41, 5.74) is 11.6. The normalized spacial score (nSPS) is 11.6. The van der Waals surface area contributed by atoms with Crippen molar-refractivity contribution in [2.75, 3.05) is 4.90 Å². The lowest BCUT2D eigenvalue weighted by Gasteiger charge is -2.30. The number of rotatable bonds is 6. The summed E-state index contributed by atoms with van der Waals surface area (Å²) < 4.78 is 2.41. The van der Waals surface area contributed by atoms with Crippen molar-refractivity contribution in [3.05, 3.63) is 218 Å². The van der Waals surface area contributed by atoms with Crippen LogP contribution in [0.15, 0.2) is 218 Å². The number of para-hydroxylation sites is 2. The van der Waals surface area contributed by atoms with Gasteiger partial charge in [-0.25, -0.2) is 0 Å². The molecule has 0 aliphatic carbocycles. The van der Waals surface area contributed by atoms with Crippen molar-refractivity contribution in [3.8, 4) is 27.9 Å². The SMILES string of the molecule is c1cc(N(c2cc(-c3cccc4ccccc34)ccc2-c2cccc3ccccc23)c2cccc3ccccc23)cc(-n2c3ccccc3c3ccccc32)c1. The van der Waals surface area contributed by atoms with Crippen LogP contribution in [0.25, 0.3) is 82.1 Å². The van der Waals surface area contributed by atoms with Gasteiger partial charge in [0.05, 0.1) is 22.4 Å². The van der Waals surface area contributed by atoms with Crippen LogP contribution < -0.4 is 4.90 Å². The number of hydrogen-bond acceptors (Lipinski definition) is 1. The standard InChI is InChI=1S/C54H36N2/c1-4-23-43-37(15-1)18-11-28-45(43)40-33-34-50(47-29-12-19-38-16-2-5-24-44(38)47)54(35-40)56(51-32-13-20-39-17-3-6-25-46(39)51)42-22-14-21-41(36-42)55-52-30-9-7-26-48(52)49-27-8-10-31-53(49)55/h1-36H. The minimum Gasteiger partial charge on any atom is -0.309 e. The first-order valence-corrected chi connectivity index (χ1v) is 19.3. The minimum atomic E-state index is 1.08. The number of fused-ring (bicyclic) bond motifs is 6. The van der Waals surface area contributed by atoms with Gasteiger partial charge in [-0.3, -0.25) is 0 Å². The molecule has 0 aliphatic rings. The minimum absolute atomic E-state index is 1.08. The molecule has 0 aliphatic heterocycles. The largest absolute Gasteiger partial charge is 0.309 e. The maximum absolute atomic E-state index is 2.49. The number of aromatic nitrogens is 1.